The van der Waals surface area contributed by atoms with Gasteiger partial charge in [-0.05, 0) is 36.3 Å². The number of para-hydroxylation sites is 1. The van der Waals surface area contributed by atoms with Crippen LogP contribution in [0.15, 0.2) is 24.3 Å². The second-order valence-electron chi connectivity index (χ2n) is 9.52. The third-order valence-corrected chi connectivity index (χ3v) is 5.82. The number of carbonyl (C=O) groups excluding carboxylic acids is 1. The molecular formula is C23H31ClN4O3. The Bertz CT molecular complexity index is 973. The van der Waals surface area contributed by atoms with Crippen LogP contribution in [0.1, 0.15) is 52.1 Å². The molecule has 31 heavy (non-hydrogen) atoms. The summed E-state index contributed by atoms with van der Waals surface area (Å²) in [5.74, 6) is 1.04. The first-order valence-corrected chi connectivity index (χ1v) is 11.0. The Labute approximate surface area is 188 Å². The van der Waals surface area contributed by atoms with Crippen molar-refractivity contribution >= 4 is 40.3 Å². The summed E-state index contributed by atoms with van der Waals surface area (Å²) in [7, 11) is 0. The standard InChI is InChI=1S/C23H31ClN4O3/c1-14(29)25-12-15-8-9-28(13-15)21-17(19(26-22(30)31)11-23(2,3)4)10-16-6-5-7-18(24)20(16)27-21/h5-7,10,15,19,26H,8-9,11-13H2,1-4H3,(H,25,29)(H,30,31). The molecule has 2 heterocycles. The summed E-state index contributed by atoms with van der Waals surface area (Å²) in [6.07, 6.45) is 0.498. The van der Waals surface area contributed by atoms with E-state index in [9.17, 15) is 14.7 Å². The van der Waals surface area contributed by atoms with E-state index < -0.39 is 12.1 Å². The number of carboxylic acid groups (broad SMARTS) is 1. The van der Waals surface area contributed by atoms with Crippen LogP contribution in [0.4, 0.5) is 10.6 Å². The summed E-state index contributed by atoms with van der Waals surface area (Å²) in [5.41, 5.74) is 1.47. The number of benzene rings is 1. The first-order valence-electron chi connectivity index (χ1n) is 10.6. The smallest absolute Gasteiger partial charge is 0.405 e. The Morgan fingerprint density at radius 2 is 2.10 bits per heavy atom. The van der Waals surface area contributed by atoms with Crippen molar-refractivity contribution in [3.8, 4) is 0 Å². The molecule has 0 saturated carbocycles. The molecular weight excluding hydrogens is 416 g/mol. The van der Waals surface area contributed by atoms with Gasteiger partial charge < -0.3 is 20.6 Å². The maximum atomic E-state index is 11.6. The van der Waals surface area contributed by atoms with Crippen LogP contribution in [0.5, 0.6) is 0 Å². The molecule has 2 atom stereocenters. The van der Waals surface area contributed by atoms with Crippen molar-refractivity contribution in [3.05, 3.63) is 34.9 Å². The molecule has 3 N–H and O–H groups in total. The Hall–Kier alpha value is -2.54. The van der Waals surface area contributed by atoms with Crippen molar-refractivity contribution < 1.29 is 14.7 Å². The van der Waals surface area contributed by atoms with Gasteiger partial charge >= 0.3 is 6.09 Å². The Balaban J connectivity index is 2.04. The number of hydrogen-bond acceptors (Lipinski definition) is 4. The van der Waals surface area contributed by atoms with Crippen molar-refractivity contribution in [2.24, 2.45) is 11.3 Å². The maximum absolute atomic E-state index is 11.6. The topological polar surface area (TPSA) is 94.6 Å². The molecule has 1 aromatic heterocycles. The summed E-state index contributed by atoms with van der Waals surface area (Å²) in [4.78, 5) is 30.0. The first-order chi connectivity index (χ1) is 14.5. The van der Waals surface area contributed by atoms with Gasteiger partial charge in [-0.1, -0.05) is 44.5 Å². The molecule has 3 rings (SSSR count). The molecule has 7 nitrogen and oxygen atoms in total. The summed E-state index contributed by atoms with van der Waals surface area (Å²) >= 11 is 6.43. The number of hydrogen-bond donors (Lipinski definition) is 3. The Kier molecular flexibility index (Phi) is 6.94. The van der Waals surface area contributed by atoms with E-state index in [1.807, 2.05) is 24.3 Å². The number of aromatic nitrogens is 1. The normalized spacial score (nSPS) is 17.6. The zero-order valence-electron chi connectivity index (χ0n) is 18.5. The molecule has 2 unspecified atom stereocenters. The van der Waals surface area contributed by atoms with Crippen LogP contribution in [0.2, 0.25) is 5.02 Å². The molecule has 1 fully saturated rings. The molecule has 168 valence electrons. The number of rotatable bonds is 6. The van der Waals surface area contributed by atoms with Crippen molar-refractivity contribution in [1.82, 2.24) is 15.6 Å². The second-order valence-corrected chi connectivity index (χ2v) is 9.92. The fourth-order valence-electron chi connectivity index (χ4n) is 4.16. The van der Waals surface area contributed by atoms with E-state index in [4.69, 9.17) is 16.6 Å². The lowest BCUT2D eigenvalue weighted by atomic mass is 9.85. The van der Waals surface area contributed by atoms with Gasteiger partial charge in [-0.15, -0.1) is 0 Å². The molecule has 1 aromatic carbocycles. The van der Waals surface area contributed by atoms with E-state index in [1.165, 1.54) is 6.92 Å². The number of amides is 2. The van der Waals surface area contributed by atoms with Crippen LogP contribution in [0.3, 0.4) is 0 Å². The summed E-state index contributed by atoms with van der Waals surface area (Å²) in [6.45, 7) is 9.94. The monoisotopic (exact) mass is 446 g/mol. The number of carbonyl (C=O) groups is 2. The average Bonchev–Trinajstić information content (AvgIpc) is 3.13. The lowest BCUT2D eigenvalue weighted by molar-refractivity contribution is -0.119. The number of pyridine rings is 1. The zero-order chi connectivity index (χ0) is 22.8. The molecule has 0 radical (unpaired) electrons. The van der Waals surface area contributed by atoms with Crippen LogP contribution in [0.25, 0.3) is 10.9 Å². The molecule has 1 saturated heterocycles. The Morgan fingerprint density at radius 1 is 1.35 bits per heavy atom. The lowest BCUT2D eigenvalue weighted by Gasteiger charge is -2.30. The number of halogens is 1. The van der Waals surface area contributed by atoms with Gasteiger partial charge in [0.25, 0.3) is 0 Å². The van der Waals surface area contributed by atoms with Gasteiger partial charge in [0.1, 0.15) is 5.82 Å². The minimum atomic E-state index is -1.06. The van der Waals surface area contributed by atoms with Crippen LogP contribution in [-0.4, -0.2) is 41.7 Å². The number of nitrogens with one attached hydrogen (secondary N) is 2. The molecule has 2 aromatic rings. The predicted molar refractivity (Wildman–Crippen MR) is 124 cm³/mol. The SMILES string of the molecule is CC(=O)NCC1CCN(c2nc3c(Cl)cccc3cc2C(CC(C)(C)C)NC(=O)O)C1. The lowest BCUT2D eigenvalue weighted by Crippen LogP contribution is -2.33. The number of fused-ring (bicyclic) bond motifs is 1. The zero-order valence-corrected chi connectivity index (χ0v) is 19.3. The van der Waals surface area contributed by atoms with Crippen molar-refractivity contribution in [1.29, 1.82) is 0 Å². The van der Waals surface area contributed by atoms with E-state index in [-0.39, 0.29) is 11.3 Å². The molecule has 0 aliphatic carbocycles. The highest BCUT2D eigenvalue weighted by molar-refractivity contribution is 6.35. The molecule has 1 aliphatic rings. The van der Waals surface area contributed by atoms with Crippen molar-refractivity contribution in [2.45, 2.75) is 46.6 Å². The fraction of sp³-hybridized carbons (Fsp3) is 0.522. The van der Waals surface area contributed by atoms with Gasteiger partial charge in [0, 0.05) is 37.5 Å². The van der Waals surface area contributed by atoms with Crippen LogP contribution in [0, 0.1) is 11.3 Å². The molecule has 0 spiro atoms. The van der Waals surface area contributed by atoms with Crippen LogP contribution in [-0.2, 0) is 4.79 Å². The maximum Gasteiger partial charge on any atom is 0.405 e. The first kappa shape index (κ1) is 23.1. The van der Waals surface area contributed by atoms with E-state index in [0.717, 1.165) is 36.3 Å². The summed E-state index contributed by atoms with van der Waals surface area (Å²) < 4.78 is 0. The van der Waals surface area contributed by atoms with Crippen molar-refractivity contribution in [2.75, 3.05) is 24.5 Å². The number of nitrogens with zero attached hydrogens (tertiary/aromatic N) is 2. The highest BCUT2D eigenvalue weighted by atomic mass is 35.5. The molecule has 2 amide bonds. The molecule has 1 aliphatic heterocycles. The third-order valence-electron chi connectivity index (χ3n) is 5.52. The molecule has 8 heteroatoms. The quantitative estimate of drug-likeness (QED) is 0.603. The minimum Gasteiger partial charge on any atom is -0.465 e. The fourth-order valence-corrected chi connectivity index (χ4v) is 4.38. The largest absolute Gasteiger partial charge is 0.465 e. The highest BCUT2D eigenvalue weighted by Gasteiger charge is 2.30. The van der Waals surface area contributed by atoms with E-state index in [1.54, 1.807) is 0 Å². The van der Waals surface area contributed by atoms with E-state index in [0.29, 0.717) is 29.4 Å². The van der Waals surface area contributed by atoms with Crippen LogP contribution >= 0.6 is 11.6 Å². The Morgan fingerprint density at radius 3 is 2.74 bits per heavy atom. The van der Waals surface area contributed by atoms with Gasteiger partial charge in [0.05, 0.1) is 16.6 Å². The third kappa shape index (κ3) is 6.00. The van der Waals surface area contributed by atoms with Gasteiger partial charge in [-0.25, -0.2) is 9.78 Å². The van der Waals surface area contributed by atoms with Crippen LogP contribution < -0.4 is 15.5 Å². The highest BCUT2D eigenvalue weighted by Crippen LogP contribution is 2.38. The van der Waals surface area contributed by atoms with Gasteiger partial charge in [-0.3, -0.25) is 4.79 Å². The van der Waals surface area contributed by atoms with E-state index >= 15 is 0 Å². The van der Waals surface area contributed by atoms with Gasteiger partial charge in [-0.2, -0.15) is 0 Å². The summed E-state index contributed by atoms with van der Waals surface area (Å²) in [5, 5.41) is 16.6. The van der Waals surface area contributed by atoms with Gasteiger partial charge in [0.2, 0.25) is 5.91 Å². The van der Waals surface area contributed by atoms with E-state index in [2.05, 4.69) is 36.3 Å². The average molecular weight is 447 g/mol. The van der Waals surface area contributed by atoms with Crippen molar-refractivity contribution in [3.63, 3.8) is 0 Å². The summed E-state index contributed by atoms with van der Waals surface area (Å²) in [6, 6.07) is 7.24. The predicted octanol–water partition coefficient (Wildman–Crippen LogP) is 4.60. The van der Waals surface area contributed by atoms with Gasteiger partial charge in [0.15, 0.2) is 0 Å². The number of anilines is 1. The molecule has 0 bridgehead atoms. The minimum absolute atomic E-state index is 0.0364. The second kappa shape index (κ2) is 9.30.